The van der Waals surface area contributed by atoms with Gasteiger partial charge in [-0.2, -0.15) is 0 Å². The molecule has 2 aliphatic carbocycles. The summed E-state index contributed by atoms with van der Waals surface area (Å²) in [6.45, 7) is 2.76. The van der Waals surface area contributed by atoms with Gasteiger partial charge in [0.1, 0.15) is 0 Å². The topological polar surface area (TPSA) is 56.0 Å². The lowest BCUT2D eigenvalue weighted by Gasteiger charge is -2.33. The molecule has 0 aromatic carbocycles. The van der Waals surface area contributed by atoms with Crippen LogP contribution in [-0.2, 0) is 4.79 Å². The molecule has 8 heteroatoms. The largest absolute Gasteiger partial charge is 0.344 e. The van der Waals surface area contributed by atoms with Gasteiger partial charge >= 0.3 is 0 Å². The van der Waals surface area contributed by atoms with E-state index in [0.717, 1.165) is 22.6 Å². The normalized spacial score (nSPS) is 30.7. The number of halogens is 2. The summed E-state index contributed by atoms with van der Waals surface area (Å²) in [5.74, 6) is 0.111. The number of Topliss-reactive ketones (excluding diaryl/α,β-unsaturated/α-hetero) is 1. The highest BCUT2D eigenvalue weighted by atomic mass is 35.5. The lowest BCUT2D eigenvalue weighted by molar-refractivity contribution is -0.525. The summed E-state index contributed by atoms with van der Waals surface area (Å²) in [6.07, 6.45) is 13.3. The highest BCUT2D eigenvalue weighted by molar-refractivity contribution is 5.87. The molecule has 30 heavy (non-hydrogen) atoms. The van der Waals surface area contributed by atoms with E-state index in [1.54, 1.807) is 0 Å². The van der Waals surface area contributed by atoms with Crippen LogP contribution < -0.4 is 0 Å². The van der Waals surface area contributed by atoms with Gasteiger partial charge in [-0.3, -0.25) is 4.79 Å². The fraction of sp³-hybridized carbons (Fsp3) is 0.455. The third-order valence-electron chi connectivity index (χ3n) is 6.58. The first-order valence-corrected chi connectivity index (χ1v) is 9.93. The van der Waals surface area contributed by atoms with Gasteiger partial charge in [-0.15, -0.1) is 24.8 Å². The zero-order valence-corrected chi connectivity index (χ0v) is 18.9. The first kappa shape index (κ1) is 22.7. The quantitative estimate of drug-likeness (QED) is 0.620. The van der Waals surface area contributed by atoms with Crippen molar-refractivity contribution in [2.24, 2.45) is 10.9 Å². The maximum absolute atomic E-state index is 13.1. The second kappa shape index (κ2) is 8.25. The molecule has 5 aliphatic rings. The number of hydrogen-bond donors (Lipinski definition) is 0. The minimum Gasteiger partial charge on any atom is -0.344 e. The molecule has 0 radical (unpaired) electrons. The summed E-state index contributed by atoms with van der Waals surface area (Å²) in [5.41, 5.74) is 5.20. The standard InChI is InChI=1S/C22H25N4O2.2ClH/c1-13-14-5-4-6-15-21-16-11-20(27)18(9-10-24(2)3)26(28)17(16)7-8-19(21)25(12-23-13)22(14)15;;/h4-8,12,18-19,21-22H,9-11H2,1-3H3;2*1H/q+1;;. The van der Waals surface area contributed by atoms with Crippen LogP contribution in [0, 0.1) is 10.8 Å². The molecule has 0 spiro atoms. The molecule has 0 saturated carbocycles. The molecule has 0 aromatic heterocycles. The van der Waals surface area contributed by atoms with Crippen LogP contribution >= 0.6 is 24.8 Å². The van der Waals surface area contributed by atoms with Gasteiger partial charge < -0.3 is 9.80 Å². The number of ketones is 1. The first-order valence-electron chi connectivity index (χ1n) is 9.93. The third-order valence-corrected chi connectivity index (χ3v) is 6.58. The molecule has 4 unspecified atom stereocenters. The van der Waals surface area contributed by atoms with Crippen molar-refractivity contribution in [2.75, 3.05) is 20.6 Å². The Kier molecular flexibility index (Phi) is 6.23. The van der Waals surface area contributed by atoms with E-state index in [4.69, 9.17) is 0 Å². The van der Waals surface area contributed by atoms with Crippen LogP contribution in [0.15, 0.2) is 63.5 Å². The molecule has 0 amide bonds. The highest BCUT2D eigenvalue weighted by Gasteiger charge is 2.54. The van der Waals surface area contributed by atoms with Gasteiger partial charge in [0.25, 0.3) is 11.7 Å². The SMILES string of the molecule is CC1=C2C=CC=C3C4C5=C(C=CC4N(C=N1)C32)[N+](=O)C(CCN(C)C)C(=O)C5.Cl.Cl. The maximum atomic E-state index is 13.1. The number of hydrogen-bond acceptors (Lipinski definition) is 5. The number of nitroso groups, excluding NO2 is 1. The molecule has 0 bridgehead atoms. The summed E-state index contributed by atoms with van der Waals surface area (Å²) < 4.78 is 0.976. The van der Waals surface area contributed by atoms with Crippen LogP contribution in [0.2, 0.25) is 0 Å². The van der Waals surface area contributed by atoms with Gasteiger partial charge in [-0.25, -0.2) is 4.99 Å². The predicted octanol–water partition coefficient (Wildman–Crippen LogP) is 3.21. The van der Waals surface area contributed by atoms with Crippen LogP contribution in [0.5, 0.6) is 0 Å². The average Bonchev–Trinajstić information content (AvgIpc) is 3.00. The minimum absolute atomic E-state index is 0. The van der Waals surface area contributed by atoms with Crippen molar-refractivity contribution < 1.29 is 9.55 Å². The van der Waals surface area contributed by atoms with Crippen molar-refractivity contribution in [1.29, 1.82) is 0 Å². The van der Waals surface area contributed by atoms with Crippen molar-refractivity contribution >= 4 is 36.9 Å². The predicted molar refractivity (Wildman–Crippen MR) is 122 cm³/mol. The smallest absolute Gasteiger partial charge is 0.267 e. The third kappa shape index (κ3) is 3.22. The highest BCUT2D eigenvalue weighted by Crippen LogP contribution is 2.50. The monoisotopic (exact) mass is 449 g/mol. The molecule has 3 heterocycles. The molecular formula is C22H27Cl2N4O2+. The summed E-state index contributed by atoms with van der Waals surface area (Å²) in [5, 5.41) is 0. The number of aliphatic imine (C=N–C) groups is 1. The second-order valence-corrected chi connectivity index (χ2v) is 8.48. The van der Waals surface area contributed by atoms with Crippen LogP contribution in [-0.4, -0.2) is 65.4 Å². The Labute approximate surface area is 189 Å². The average molecular weight is 450 g/mol. The van der Waals surface area contributed by atoms with Crippen LogP contribution in [0.4, 0.5) is 0 Å². The van der Waals surface area contributed by atoms with E-state index in [9.17, 15) is 9.70 Å². The molecule has 4 atom stereocenters. The van der Waals surface area contributed by atoms with E-state index in [1.165, 1.54) is 11.1 Å². The second-order valence-electron chi connectivity index (χ2n) is 8.48. The van der Waals surface area contributed by atoms with Gasteiger partial charge in [0.05, 0.1) is 18.4 Å². The van der Waals surface area contributed by atoms with E-state index in [1.807, 2.05) is 38.3 Å². The molecule has 5 rings (SSSR count). The van der Waals surface area contributed by atoms with Gasteiger partial charge in [0.2, 0.25) is 5.78 Å². The molecular weight excluding hydrogens is 423 g/mol. The Balaban J connectivity index is 0.00000128. The van der Waals surface area contributed by atoms with E-state index in [2.05, 4.69) is 34.2 Å². The fourth-order valence-corrected chi connectivity index (χ4v) is 5.21. The van der Waals surface area contributed by atoms with Crippen molar-refractivity contribution in [1.82, 2.24) is 9.80 Å². The Morgan fingerprint density at radius 2 is 2.03 bits per heavy atom. The number of carbonyl (C=O) groups is 1. The zero-order chi connectivity index (χ0) is 19.6. The number of nitrogens with zero attached hydrogens (tertiary/aromatic N) is 4. The number of carbonyl (C=O) groups excluding carboxylic acids is 1. The first-order chi connectivity index (χ1) is 13.5. The van der Waals surface area contributed by atoms with E-state index in [0.29, 0.717) is 18.5 Å². The molecule has 3 aliphatic heterocycles. The Morgan fingerprint density at radius 1 is 1.27 bits per heavy atom. The molecule has 0 N–H and O–H groups in total. The Hall–Kier alpha value is -2.02. The zero-order valence-electron chi connectivity index (χ0n) is 17.3. The van der Waals surface area contributed by atoms with E-state index in [-0.39, 0.29) is 48.6 Å². The van der Waals surface area contributed by atoms with E-state index < -0.39 is 6.04 Å². The van der Waals surface area contributed by atoms with Crippen LogP contribution in [0.3, 0.4) is 0 Å². The lowest BCUT2D eigenvalue weighted by Crippen LogP contribution is -2.43. The summed E-state index contributed by atoms with van der Waals surface area (Å²) >= 11 is 0. The van der Waals surface area contributed by atoms with Gasteiger partial charge in [0, 0.05) is 57.9 Å². The van der Waals surface area contributed by atoms with Gasteiger partial charge in [0.15, 0.2) is 0 Å². The van der Waals surface area contributed by atoms with Crippen molar-refractivity contribution in [2.45, 2.75) is 37.9 Å². The maximum Gasteiger partial charge on any atom is 0.267 e. The molecule has 1 fully saturated rings. The van der Waals surface area contributed by atoms with Crippen molar-refractivity contribution in [3.63, 3.8) is 0 Å². The number of fused-ring (bicyclic) bond motifs is 4. The molecule has 0 aromatic rings. The summed E-state index contributed by atoms with van der Waals surface area (Å²) in [6, 6.07) is -0.303. The summed E-state index contributed by atoms with van der Waals surface area (Å²) in [4.78, 5) is 34.9. The van der Waals surface area contributed by atoms with Crippen LogP contribution in [0.25, 0.3) is 0 Å². The van der Waals surface area contributed by atoms with Crippen molar-refractivity contribution in [3.05, 3.63) is 63.4 Å². The van der Waals surface area contributed by atoms with Crippen LogP contribution in [0.1, 0.15) is 19.8 Å². The molecule has 160 valence electrons. The molecule has 6 nitrogen and oxygen atoms in total. The van der Waals surface area contributed by atoms with Gasteiger partial charge in [-0.05, 0) is 26.6 Å². The fourth-order valence-electron chi connectivity index (χ4n) is 5.21. The van der Waals surface area contributed by atoms with E-state index >= 15 is 0 Å². The minimum atomic E-state index is -0.578. The Morgan fingerprint density at radius 3 is 2.77 bits per heavy atom. The number of rotatable bonds is 3. The number of allylic oxidation sites excluding steroid dienone is 4. The Bertz CT molecular complexity index is 974. The molecule has 1 saturated heterocycles. The van der Waals surface area contributed by atoms with Gasteiger partial charge in [-0.1, -0.05) is 24.3 Å². The van der Waals surface area contributed by atoms with Crippen molar-refractivity contribution in [3.8, 4) is 0 Å². The lowest BCUT2D eigenvalue weighted by atomic mass is 9.75. The summed E-state index contributed by atoms with van der Waals surface area (Å²) in [7, 11) is 3.93.